The van der Waals surface area contributed by atoms with E-state index in [1.165, 1.54) is 30.5 Å². The monoisotopic (exact) mass is 417 g/mol. The molecule has 0 bridgehead atoms. The van der Waals surface area contributed by atoms with Gasteiger partial charge < -0.3 is 9.80 Å². The number of piperidine rings is 1. The molecule has 4 rings (SSSR count). The molecule has 2 saturated heterocycles. The zero-order valence-corrected chi connectivity index (χ0v) is 17.3. The molecule has 2 aromatic rings. The molecule has 0 atom stereocenters. The van der Waals surface area contributed by atoms with E-state index in [1.54, 1.807) is 6.07 Å². The zero-order chi connectivity index (χ0) is 21.0. The molecule has 2 fully saturated rings. The number of piperazine rings is 1. The Morgan fingerprint density at radius 3 is 2.17 bits per heavy atom. The lowest BCUT2D eigenvalue weighted by atomic mass is 10.0. The molecular formula is C24H30F3N3. The fourth-order valence-electron chi connectivity index (χ4n) is 4.66. The van der Waals surface area contributed by atoms with Crippen LogP contribution in [0.4, 0.5) is 18.9 Å². The zero-order valence-electron chi connectivity index (χ0n) is 17.3. The number of halogens is 3. The van der Waals surface area contributed by atoms with Crippen molar-refractivity contribution >= 4 is 5.69 Å². The van der Waals surface area contributed by atoms with Crippen molar-refractivity contribution in [1.82, 2.24) is 9.80 Å². The summed E-state index contributed by atoms with van der Waals surface area (Å²) in [5.74, 6) is 0. The Labute approximate surface area is 177 Å². The van der Waals surface area contributed by atoms with Crippen LogP contribution in [0.2, 0.25) is 0 Å². The molecule has 6 heteroatoms. The molecule has 0 amide bonds. The Bertz CT molecular complexity index is 793. The first kappa shape index (κ1) is 21.2. The molecule has 0 unspecified atom stereocenters. The van der Waals surface area contributed by atoms with Crippen molar-refractivity contribution in [2.24, 2.45) is 0 Å². The van der Waals surface area contributed by atoms with Crippen LogP contribution < -0.4 is 4.90 Å². The van der Waals surface area contributed by atoms with Crippen LogP contribution >= 0.6 is 0 Å². The molecule has 0 spiro atoms. The van der Waals surface area contributed by atoms with E-state index in [4.69, 9.17) is 0 Å². The van der Waals surface area contributed by atoms with Crippen molar-refractivity contribution in [2.45, 2.75) is 31.5 Å². The summed E-state index contributed by atoms with van der Waals surface area (Å²) in [6.07, 6.45) is -0.829. The summed E-state index contributed by atoms with van der Waals surface area (Å²) < 4.78 is 39.0. The smallest absolute Gasteiger partial charge is 0.369 e. The highest BCUT2D eigenvalue weighted by atomic mass is 19.4. The predicted molar refractivity (Wildman–Crippen MR) is 115 cm³/mol. The van der Waals surface area contributed by atoms with E-state index in [2.05, 4.69) is 45.0 Å². The van der Waals surface area contributed by atoms with Crippen molar-refractivity contribution < 1.29 is 13.2 Å². The Hall–Kier alpha value is -2.05. The summed E-state index contributed by atoms with van der Waals surface area (Å²) in [5, 5.41) is 0. The molecule has 2 aliphatic rings. The molecule has 3 nitrogen and oxygen atoms in total. The van der Waals surface area contributed by atoms with Crippen LogP contribution in [0.5, 0.6) is 0 Å². The maximum atomic E-state index is 13.0. The van der Waals surface area contributed by atoms with Gasteiger partial charge in [-0.15, -0.1) is 0 Å². The molecule has 2 aromatic carbocycles. The van der Waals surface area contributed by atoms with Gasteiger partial charge in [0, 0.05) is 44.5 Å². The van der Waals surface area contributed by atoms with Crippen LogP contribution in [-0.2, 0) is 12.6 Å². The third-order valence-electron chi connectivity index (χ3n) is 6.49. The van der Waals surface area contributed by atoms with Gasteiger partial charge in [0.2, 0.25) is 0 Å². The Morgan fingerprint density at radius 2 is 1.50 bits per heavy atom. The summed E-state index contributed by atoms with van der Waals surface area (Å²) in [6, 6.07) is 17.0. The van der Waals surface area contributed by atoms with Gasteiger partial charge in [0.1, 0.15) is 0 Å². The Kier molecular flexibility index (Phi) is 6.64. The lowest BCUT2D eigenvalue weighted by Crippen LogP contribution is -2.53. The minimum absolute atomic E-state index is 0.565. The van der Waals surface area contributed by atoms with Crippen molar-refractivity contribution in [3.8, 4) is 0 Å². The van der Waals surface area contributed by atoms with Gasteiger partial charge in [0.25, 0.3) is 0 Å². The van der Waals surface area contributed by atoms with Crippen molar-refractivity contribution in [2.75, 3.05) is 50.7 Å². The standard InChI is InChI=1S/C24H30F3N3/c25-24(26,27)21-7-4-8-23(19-21)30-17-15-29(16-18-30)22-10-13-28(14-11-22)12-9-20-5-2-1-3-6-20/h1-8,19,22H,9-18H2. The van der Waals surface area contributed by atoms with Crippen molar-refractivity contribution in [3.63, 3.8) is 0 Å². The second kappa shape index (κ2) is 9.40. The molecule has 0 N–H and O–H groups in total. The second-order valence-electron chi connectivity index (χ2n) is 8.38. The van der Waals surface area contributed by atoms with Crippen LogP contribution in [0.25, 0.3) is 0 Å². The first-order valence-corrected chi connectivity index (χ1v) is 10.9. The van der Waals surface area contributed by atoms with E-state index in [9.17, 15) is 13.2 Å². The maximum absolute atomic E-state index is 13.0. The van der Waals surface area contributed by atoms with Gasteiger partial charge >= 0.3 is 6.18 Å². The average molecular weight is 418 g/mol. The molecule has 2 heterocycles. The fourth-order valence-corrected chi connectivity index (χ4v) is 4.66. The molecule has 2 aliphatic heterocycles. The largest absolute Gasteiger partial charge is 0.416 e. The second-order valence-corrected chi connectivity index (χ2v) is 8.38. The number of benzene rings is 2. The first-order valence-electron chi connectivity index (χ1n) is 10.9. The van der Waals surface area contributed by atoms with Gasteiger partial charge in [-0.2, -0.15) is 13.2 Å². The van der Waals surface area contributed by atoms with Crippen LogP contribution in [0.3, 0.4) is 0 Å². The van der Waals surface area contributed by atoms with E-state index in [1.807, 2.05) is 0 Å². The number of rotatable bonds is 5. The van der Waals surface area contributed by atoms with E-state index >= 15 is 0 Å². The summed E-state index contributed by atoms with van der Waals surface area (Å²) in [5.41, 5.74) is 1.51. The van der Waals surface area contributed by atoms with E-state index < -0.39 is 11.7 Å². The molecule has 0 aromatic heterocycles. The van der Waals surface area contributed by atoms with Gasteiger partial charge in [-0.1, -0.05) is 36.4 Å². The quantitative estimate of drug-likeness (QED) is 0.708. The van der Waals surface area contributed by atoms with Gasteiger partial charge in [0.05, 0.1) is 5.56 Å². The molecule has 162 valence electrons. The summed E-state index contributed by atoms with van der Waals surface area (Å²) in [7, 11) is 0. The first-order chi connectivity index (χ1) is 14.5. The van der Waals surface area contributed by atoms with Crippen LogP contribution in [0.1, 0.15) is 24.0 Å². The van der Waals surface area contributed by atoms with Crippen LogP contribution in [0.15, 0.2) is 54.6 Å². The maximum Gasteiger partial charge on any atom is 0.416 e. The highest BCUT2D eigenvalue weighted by Crippen LogP contribution is 2.32. The third kappa shape index (κ3) is 5.35. The predicted octanol–water partition coefficient (Wildman–Crippen LogP) is 4.53. The molecule has 0 radical (unpaired) electrons. The number of hydrogen-bond donors (Lipinski definition) is 0. The molecule has 0 aliphatic carbocycles. The lowest BCUT2D eigenvalue weighted by molar-refractivity contribution is -0.137. The van der Waals surface area contributed by atoms with E-state index in [0.29, 0.717) is 11.7 Å². The fraction of sp³-hybridized carbons (Fsp3) is 0.500. The number of nitrogens with zero attached hydrogens (tertiary/aromatic N) is 3. The average Bonchev–Trinajstić information content (AvgIpc) is 2.78. The molecular weight excluding hydrogens is 387 g/mol. The topological polar surface area (TPSA) is 9.72 Å². The number of hydrogen-bond acceptors (Lipinski definition) is 3. The normalized spacial score (nSPS) is 19.9. The van der Waals surface area contributed by atoms with Crippen LogP contribution in [-0.4, -0.2) is 61.7 Å². The minimum atomic E-state index is -4.29. The lowest BCUT2D eigenvalue weighted by Gasteiger charge is -2.43. The van der Waals surface area contributed by atoms with Gasteiger partial charge in [0.15, 0.2) is 0 Å². The van der Waals surface area contributed by atoms with Crippen molar-refractivity contribution in [3.05, 3.63) is 65.7 Å². The molecule has 30 heavy (non-hydrogen) atoms. The Balaban J connectivity index is 1.23. The highest BCUT2D eigenvalue weighted by Gasteiger charge is 2.32. The van der Waals surface area contributed by atoms with E-state index in [0.717, 1.165) is 58.3 Å². The summed E-state index contributed by atoms with van der Waals surface area (Å²) >= 11 is 0. The summed E-state index contributed by atoms with van der Waals surface area (Å²) in [6.45, 7) is 6.79. The number of alkyl halides is 3. The molecule has 0 saturated carbocycles. The number of likely N-dealkylation sites (tertiary alicyclic amines) is 1. The highest BCUT2D eigenvalue weighted by molar-refractivity contribution is 5.49. The van der Waals surface area contributed by atoms with Gasteiger partial charge in [-0.25, -0.2) is 0 Å². The van der Waals surface area contributed by atoms with Crippen LogP contribution in [0, 0.1) is 0 Å². The third-order valence-corrected chi connectivity index (χ3v) is 6.49. The van der Waals surface area contributed by atoms with Crippen molar-refractivity contribution in [1.29, 1.82) is 0 Å². The van der Waals surface area contributed by atoms with Gasteiger partial charge in [-0.3, -0.25) is 4.90 Å². The summed E-state index contributed by atoms with van der Waals surface area (Å²) in [4.78, 5) is 7.18. The minimum Gasteiger partial charge on any atom is -0.369 e. The number of anilines is 1. The van der Waals surface area contributed by atoms with Gasteiger partial charge in [-0.05, 0) is 56.1 Å². The van der Waals surface area contributed by atoms with E-state index in [-0.39, 0.29) is 0 Å². The Morgan fingerprint density at radius 1 is 0.800 bits per heavy atom. The SMILES string of the molecule is FC(F)(F)c1cccc(N2CCN(C3CCN(CCc4ccccc4)CC3)CC2)c1.